The first-order valence-electron chi connectivity index (χ1n) is 8.44. The van der Waals surface area contributed by atoms with Crippen LogP contribution in [0, 0.1) is 33.0 Å². The Labute approximate surface area is 143 Å². The molecule has 4 fully saturated rings. The highest BCUT2D eigenvalue weighted by molar-refractivity contribution is 5.87. The molecule has 0 aliphatic heterocycles. The standard InChI is InChI=1S/C19H25NO4/c1-13(2)14(21)24-12-18-6-16(3)5-17(8-18,11-20)9-19(7-16,10-18)15(22)23-4/h1,5-10,12H2,2-4H3. The van der Waals surface area contributed by atoms with Crippen molar-refractivity contribution in [3.05, 3.63) is 12.2 Å². The second-order valence-electron chi connectivity index (χ2n) is 8.89. The van der Waals surface area contributed by atoms with Crippen LogP contribution in [0.2, 0.25) is 0 Å². The summed E-state index contributed by atoms with van der Waals surface area (Å²) in [7, 11) is 1.41. The molecule has 4 unspecified atom stereocenters. The van der Waals surface area contributed by atoms with Crippen LogP contribution in [-0.2, 0) is 19.1 Å². The number of nitriles is 1. The number of carbonyl (C=O) groups excluding carboxylic acids is 2. The van der Waals surface area contributed by atoms with Crippen molar-refractivity contribution < 1.29 is 19.1 Å². The van der Waals surface area contributed by atoms with E-state index in [9.17, 15) is 14.9 Å². The molecule has 130 valence electrons. The molecule has 0 amide bonds. The van der Waals surface area contributed by atoms with E-state index in [4.69, 9.17) is 9.47 Å². The van der Waals surface area contributed by atoms with Gasteiger partial charge >= 0.3 is 11.9 Å². The van der Waals surface area contributed by atoms with Gasteiger partial charge in [-0.3, -0.25) is 4.79 Å². The van der Waals surface area contributed by atoms with Gasteiger partial charge in [0.25, 0.3) is 0 Å². The first-order chi connectivity index (χ1) is 11.1. The maximum atomic E-state index is 12.6. The smallest absolute Gasteiger partial charge is 0.333 e. The van der Waals surface area contributed by atoms with E-state index in [0.29, 0.717) is 24.8 Å². The zero-order valence-electron chi connectivity index (χ0n) is 14.7. The molecule has 0 aromatic rings. The number of rotatable bonds is 4. The predicted octanol–water partition coefficient (Wildman–Crippen LogP) is 3.15. The Hall–Kier alpha value is -1.83. The van der Waals surface area contributed by atoms with Gasteiger partial charge < -0.3 is 9.47 Å². The van der Waals surface area contributed by atoms with Crippen molar-refractivity contribution in [1.29, 1.82) is 5.26 Å². The highest BCUT2D eigenvalue weighted by atomic mass is 16.5. The highest BCUT2D eigenvalue weighted by Crippen LogP contribution is 2.73. The van der Waals surface area contributed by atoms with Crippen LogP contribution < -0.4 is 0 Å². The summed E-state index contributed by atoms with van der Waals surface area (Å²) in [6, 6.07) is 2.51. The molecule has 0 heterocycles. The van der Waals surface area contributed by atoms with Crippen molar-refractivity contribution in [2.45, 2.75) is 52.4 Å². The van der Waals surface area contributed by atoms with Gasteiger partial charge in [0.15, 0.2) is 0 Å². The van der Waals surface area contributed by atoms with Crippen LogP contribution in [0.1, 0.15) is 52.4 Å². The van der Waals surface area contributed by atoms with Crippen LogP contribution in [0.3, 0.4) is 0 Å². The third-order valence-electron chi connectivity index (χ3n) is 6.15. The van der Waals surface area contributed by atoms with Gasteiger partial charge in [0.2, 0.25) is 0 Å². The summed E-state index contributed by atoms with van der Waals surface area (Å²) >= 11 is 0. The summed E-state index contributed by atoms with van der Waals surface area (Å²) < 4.78 is 10.6. The SMILES string of the molecule is C=C(C)C(=O)OCC12CC3(C)CC(C#N)(C1)CC(C(=O)OC)(C3)C2. The quantitative estimate of drug-likeness (QED) is 0.584. The molecule has 24 heavy (non-hydrogen) atoms. The lowest BCUT2D eigenvalue weighted by Crippen LogP contribution is -2.63. The minimum Gasteiger partial charge on any atom is -0.469 e. The first kappa shape index (κ1) is 17.0. The highest BCUT2D eigenvalue weighted by Gasteiger charge is 2.70. The summed E-state index contributed by atoms with van der Waals surface area (Å²) in [5.74, 6) is -0.628. The summed E-state index contributed by atoms with van der Waals surface area (Å²) in [6.45, 7) is 7.64. The Morgan fingerprint density at radius 3 is 2.46 bits per heavy atom. The van der Waals surface area contributed by atoms with Crippen LogP contribution in [0.25, 0.3) is 0 Å². The second kappa shape index (κ2) is 5.08. The van der Waals surface area contributed by atoms with E-state index in [2.05, 4.69) is 19.6 Å². The molecule has 4 saturated carbocycles. The lowest BCUT2D eigenvalue weighted by Gasteiger charge is -2.66. The van der Waals surface area contributed by atoms with Crippen molar-refractivity contribution >= 4 is 11.9 Å². The van der Waals surface area contributed by atoms with Crippen LogP contribution in [-0.4, -0.2) is 25.7 Å². The topological polar surface area (TPSA) is 76.4 Å². The number of hydrogen-bond donors (Lipinski definition) is 0. The van der Waals surface area contributed by atoms with Crippen molar-refractivity contribution in [3.63, 3.8) is 0 Å². The first-order valence-corrected chi connectivity index (χ1v) is 8.44. The Kier molecular flexibility index (Phi) is 3.60. The molecule has 5 nitrogen and oxygen atoms in total. The molecule has 0 saturated heterocycles. The fourth-order valence-electron chi connectivity index (χ4n) is 6.42. The maximum Gasteiger partial charge on any atom is 0.333 e. The normalized spacial score (nSPS) is 42.2. The average Bonchev–Trinajstić information content (AvgIpc) is 2.49. The minimum absolute atomic E-state index is 0.0890. The number of esters is 2. The predicted molar refractivity (Wildman–Crippen MR) is 86.5 cm³/mol. The molecule has 4 aliphatic carbocycles. The Bertz CT molecular complexity index is 665. The second-order valence-corrected chi connectivity index (χ2v) is 8.89. The summed E-state index contributed by atoms with van der Waals surface area (Å²) in [5.41, 5.74) is -1.19. The third kappa shape index (κ3) is 2.44. The van der Waals surface area contributed by atoms with Crippen molar-refractivity contribution in [2.75, 3.05) is 13.7 Å². The number of carbonyl (C=O) groups is 2. The largest absolute Gasteiger partial charge is 0.469 e. The van der Waals surface area contributed by atoms with Gasteiger partial charge in [-0.2, -0.15) is 5.26 Å². The van der Waals surface area contributed by atoms with E-state index >= 15 is 0 Å². The third-order valence-corrected chi connectivity index (χ3v) is 6.15. The van der Waals surface area contributed by atoms with Crippen LogP contribution in [0.4, 0.5) is 0 Å². The Morgan fingerprint density at radius 1 is 1.17 bits per heavy atom. The monoisotopic (exact) mass is 331 g/mol. The minimum atomic E-state index is -0.621. The molecule has 4 aliphatic rings. The molecule has 5 heteroatoms. The van der Waals surface area contributed by atoms with Gasteiger partial charge in [-0.15, -0.1) is 0 Å². The molecular formula is C19H25NO4. The van der Waals surface area contributed by atoms with E-state index in [0.717, 1.165) is 19.3 Å². The van der Waals surface area contributed by atoms with Gasteiger partial charge in [0, 0.05) is 11.0 Å². The van der Waals surface area contributed by atoms with Crippen LogP contribution in [0.5, 0.6) is 0 Å². The molecule has 4 atom stereocenters. The zero-order valence-corrected chi connectivity index (χ0v) is 14.7. The molecule has 0 aromatic heterocycles. The van der Waals surface area contributed by atoms with E-state index in [1.54, 1.807) is 6.92 Å². The zero-order chi connectivity index (χ0) is 17.8. The number of ether oxygens (including phenoxy) is 2. The van der Waals surface area contributed by atoms with Gasteiger partial charge in [-0.25, -0.2) is 4.79 Å². The molecule has 0 N–H and O–H groups in total. The number of methoxy groups -OCH3 is 1. The average molecular weight is 331 g/mol. The van der Waals surface area contributed by atoms with Crippen LogP contribution in [0.15, 0.2) is 12.2 Å². The van der Waals surface area contributed by atoms with Gasteiger partial charge in [0.05, 0.1) is 30.6 Å². The van der Waals surface area contributed by atoms with Gasteiger partial charge in [-0.05, 0) is 50.9 Å². The summed E-state index contributed by atoms with van der Waals surface area (Å²) in [5, 5.41) is 9.87. The van der Waals surface area contributed by atoms with E-state index in [-0.39, 0.29) is 23.4 Å². The van der Waals surface area contributed by atoms with Gasteiger partial charge in [-0.1, -0.05) is 13.5 Å². The van der Waals surface area contributed by atoms with E-state index < -0.39 is 16.8 Å². The lowest BCUT2D eigenvalue weighted by atomic mass is 9.36. The van der Waals surface area contributed by atoms with E-state index in [1.165, 1.54) is 7.11 Å². The molecule has 0 aromatic carbocycles. The summed E-state index contributed by atoms with van der Waals surface area (Å²) in [4.78, 5) is 24.5. The maximum absolute atomic E-state index is 12.6. The molecular weight excluding hydrogens is 306 g/mol. The lowest BCUT2D eigenvalue weighted by molar-refractivity contribution is -0.212. The molecule has 0 radical (unpaired) electrons. The number of hydrogen-bond acceptors (Lipinski definition) is 5. The fraction of sp³-hybridized carbons (Fsp3) is 0.737. The van der Waals surface area contributed by atoms with Crippen molar-refractivity contribution in [1.82, 2.24) is 0 Å². The summed E-state index contributed by atoms with van der Waals surface area (Å²) in [6.07, 6.45) is 4.34. The molecule has 4 rings (SSSR count). The number of nitrogens with zero attached hydrogens (tertiary/aromatic N) is 1. The Morgan fingerprint density at radius 2 is 1.88 bits per heavy atom. The molecule has 0 spiro atoms. The van der Waals surface area contributed by atoms with Crippen LogP contribution >= 0.6 is 0 Å². The molecule has 4 bridgehead atoms. The van der Waals surface area contributed by atoms with Crippen molar-refractivity contribution in [3.8, 4) is 6.07 Å². The fourth-order valence-corrected chi connectivity index (χ4v) is 6.42. The Balaban J connectivity index is 1.96. The van der Waals surface area contributed by atoms with Crippen molar-refractivity contribution in [2.24, 2.45) is 21.7 Å². The van der Waals surface area contributed by atoms with Gasteiger partial charge in [0.1, 0.15) is 0 Å². The van der Waals surface area contributed by atoms with E-state index in [1.807, 2.05) is 0 Å².